The van der Waals surface area contributed by atoms with Crippen molar-refractivity contribution in [2.75, 3.05) is 0 Å². The van der Waals surface area contributed by atoms with E-state index >= 15 is 0 Å². The summed E-state index contributed by atoms with van der Waals surface area (Å²) in [5.74, 6) is -0.0753. The van der Waals surface area contributed by atoms with Crippen LogP contribution in [0.15, 0.2) is 24.3 Å². The Bertz CT molecular complexity index is 448. The van der Waals surface area contributed by atoms with Gasteiger partial charge in [0.05, 0.1) is 0 Å². The molecule has 1 aromatic rings. The Kier molecular flexibility index (Phi) is 2.71. The van der Waals surface area contributed by atoms with Crippen molar-refractivity contribution in [1.29, 1.82) is 0 Å². The first-order valence-electron chi connectivity index (χ1n) is 5.50. The van der Waals surface area contributed by atoms with E-state index in [9.17, 15) is 4.79 Å². The molecule has 1 aliphatic rings. The molecule has 2 rings (SSSR count). The Morgan fingerprint density at radius 2 is 2.00 bits per heavy atom. The first kappa shape index (κ1) is 10.8. The molecule has 1 aliphatic carbocycles. The molecule has 82 valence electrons. The normalized spacial score (nSPS) is 16.3. The standard InChI is InChI=1S/C13H14N2O/c1-2-13(12(16)9-15-14)7-10-5-3-4-6-11(10)8-13/h3-6,9H,2,7-8H2,1H3. The molecule has 1 aromatic carbocycles. The van der Waals surface area contributed by atoms with E-state index in [-0.39, 0.29) is 5.78 Å². The molecule has 3 nitrogen and oxygen atoms in total. The maximum Gasteiger partial charge on any atom is 0.323 e. The van der Waals surface area contributed by atoms with E-state index in [0.717, 1.165) is 25.5 Å². The molecule has 0 radical (unpaired) electrons. The van der Waals surface area contributed by atoms with Gasteiger partial charge >= 0.3 is 6.21 Å². The summed E-state index contributed by atoms with van der Waals surface area (Å²) in [6.45, 7) is 2.01. The highest BCUT2D eigenvalue weighted by molar-refractivity contribution is 6.28. The van der Waals surface area contributed by atoms with E-state index in [1.54, 1.807) is 0 Å². The SMILES string of the molecule is CCC1(C(=O)C=[N+]=[N-])Cc2ccccc2C1. The summed E-state index contributed by atoms with van der Waals surface area (Å²) in [5.41, 5.74) is 10.6. The minimum absolute atomic E-state index is 0.0753. The van der Waals surface area contributed by atoms with Gasteiger partial charge in [-0.2, -0.15) is 4.79 Å². The van der Waals surface area contributed by atoms with Gasteiger partial charge in [0, 0.05) is 5.41 Å². The first-order chi connectivity index (χ1) is 7.72. The zero-order valence-corrected chi connectivity index (χ0v) is 9.31. The lowest BCUT2D eigenvalue weighted by Gasteiger charge is -2.21. The molecule has 0 N–H and O–H groups in total. The third-order valence-corrected chi connectivity index (χ3v) is 3.55. The smallest absolute Gasteiger partial charge is 0.323 e. The van der Waals surface area contributed by atoms with Crippen LogP contribution in [-0.2, 0) is 17.6 Å². The molecule has 0 amide bonds. The molecule has 0 atom stereocenters. The summed E-state index contributed by atoms with van der Waals surface area (Å²) in [6, 6.07) is 8.12. The molecule has 0 saturated carbocycles. The van der Waals surface area contributed by atoms with Crippen LogP contribution in [0.3, 0.4) is 0 Å². The third kappa shape index (κ3) is 1.59. The van der Waals surface area contributed by atoms with Crippen molar-refractivity contribution in [3.63, 3.8) is 0 Å². The quantitative estimate of drug-likeness (QED) is 0.431. The third-order valence-electron chi connectivity index (χ3n) is 3.55. The molecule has 0 aromatic heterocycles. The van der Waals surface area contributed by atoms with Crippen molar-refractivity contribution >= 4 is 12.0 Å². The highest BCUT2D eigenvalue weighted by Crippen LogP contribution is 2.39. The van der Waals surface area contributed by atoms with Crippen molar-refractivity contribution in [2.45, 2.75) is 26.2 Å². The van der Waals surface area contributed by atoms with Gasteiger partial charge in [0.2, 0.25) is 5.78 Å². The summed E-state index contributed by atoms with van der Waals surface area (Å²) in [7, 11) is 0. The molecule has 16 heavy (non-hydrogen) atoms. The van der Waals surface area contributed by atoms with Gasteiger partial charge in [-0.3, -0.25) is 4.79 Å². The van der Waals surface area contributed by atoms with Crippen LogP contribution in [-0.4, -0.2) is 16.8 Å². The summed E-state index contributed by atoms with van der Waals surface area (Å²) in [4.78, 5) is 14.8. The molecule has 0 fully saturated rings. The average molecular weight is 214 g/mol. The fourth-order valence-electron chi connectivity index (χ4n) is 2.48. The average Bonchev–Trinajstić information content (AvgIpc) is 2.69. The number of fused-ring (bicyclic) bond motifs is 1. The first-order valence-corrected chi connectivity index (χ1v) is 5.50. The number of benzene rings is 1. The lowest BCUT2D eigenvalue weighted by atomic mass is 9.78. The molecular formula is C13H14N2O. The van der Waals surface area contributed by atoms with Gasteiger partial charge in [0.25, 0.3) is 0 Å². The molecular weight excluding hydrogens is 200 g/mol. The van der Waals surface area contributed by atoms with Gasteiger partial charge in [-0.15, -0.1) is 0 Å². The monoisotopic (exact) mass is 214 g/mol. The second kappa shape index (κ2) is 4.03. The van der Waals surface area contributed by atoms with Crippen LogP contribution in [0, 0.1) is 5.41 Å². The highest BCUT2D eigenvalue weighted by Gasteiger charge is 2.42. The Labute approximate surface area is 94.7 Å². The fraction of sp³-hybridized carbons (Fsp3) is 0.385. The van der Waals surface area contributed by atoms with Crippen LogP contribution in [0.1, 0.15) is 24.5 Å². The Morgan fingerprint density at radius 3 is 2.44 bits per heavy atom. The van der Waals surface area contributed by atoms with Crippen molar-refractivity contribution in [3.8, 4) is 0 Å². The van der Waals surface area contributed by atoms with Crippen molar-refractivity contribution in [1.82, 2.24) is 0 Å². The lowest BCUT2D eigenvalue weighted by molar-refractivity contribution is -0.124. The van der Waals surface area contributed by atoms with Crippen molar-refractivity contribution in [2.24, 2.45) is 5.41 Å². The maximum atomic E-state index is 12.0. The minimum atomic E-state index is -0.393. The van der Waals surface area contributed by atoms with Gasteiger partial charge < -0.3 is 5.53 Å². The number of ketones is 1. The number of Topliss-reactive ketones (excluding diaryl/α,β-unsaturated/α-hetero) is 1. The van der Waals surface area contributed by atoms with Crippen LogP contribution >= 0.6 is 0 Å². The minimum Gasteiger partial charge on any atom is -0.361 e. The van der Waals surface area contributed by atoms with Crippen LogP contribution in [0.25, 0.3) is 5.53 Å². The molecule has 0 bridgehead atoms. The number of carbonyl (C=O) groups excluding carboxylic acids is 1. The second-order valence-electron chi connectivity index (χ2n) is 4.36. The summed E-state index contributed by atoms with van der Waals surface area (Å²) < 4.78 is 0. The molecule has 0 saturated heterocycles. The molecule has 0 spiro atoms. The molecule has 3 heteroatoms. The van der Waals surface area contributed by atoms with Crippen LogP contribution < -0.4 is 0 Å². The summed E-state index contributed by atoms with van der Waals surface area (Å²) in [6.07, 6.45) is 3.32. The summed E-state index contributed by atoms with van der Waals surface area (Å²) >= 11 is 0. The number of hydrogen-bond acceptors (Lipinski definition) is 1. The Hall–Kier alpha value is -1.73. The Balaban J connectivity index is 2.36. The van der Waals surface area contributed by atoms with E-state index < -0.39 is 5.41 Å². The largest absolute Gasteiger partial charge is 0.361 e. The fourth-order valence-corrected chi connectivity index (χ4v) is 2.48. The van der Waals surface area contributed by atoms with Gasteiger partial charge in [-0.1, -0.05) is 31.2 Å². The lowest BCUT2D eigenvalue weighted by Crippen LogP contribution is -2.32. The maximum absolute atomic E-state index is 12.0. The van der Waals surface area contributed by atoms with E-state index in [4.69, 9.17) is 5.53 Å². The zero-order chi connectivity index (χ0) is 11.6. The van der Waals surface area contributed by atoms with E-state index in [1.165, 1.54) is 11.1 Å². The topological polar surface area (TPSA) is 53.5 Å². The Morgan fingerprint density at radius 1 is 1.44 bits per heavy atom. The molecule has 0 aliphatic heterocycles. The molecule has 0 heterocycles. The molecule has 0 unspecified atom stereocenters. The number of rotatable bonds is 3. The van der Waals surface area contributed by atoms with Crippen LogP contribution in [0.5, 0.6) is 0 Å². The van der Waals surface area contributed by atoms with Gasteiger partial charge in [0.15, 0.2) is 0 Å². The predicted octanol–water partition coefficient (Wildman–Crippen LogP) is 2.05. The number of carbonyl (C=O) groups is 1. The van der Waals surface area contributed by atoms with Gasteiger partial charge in [-0.25, -0.2) is 0 Å². The van der Waals surface area contributed by atoms with E-state index in [2.05, 4.69) is 16.9 Å². The number of hydrogen-bond donors (Lipinski definition) is 0. The van der Waals surface area contributed by atoms with E-state index in [0.29, 0.717) is 0 Å². The van der Waals surface area contributed by atoms with Crippen molar-refractivity contribution in [3.05, 3.63) is 40.9 Å². The highest BCUT2D eigenvalue weighted by atomic mass is 16.1. The summed E-state index contributed by atoms with van der Waals surface area (Å²) in [5, 5.41) is 0. The van der Waals surface area contributed by atoms with Crippen LogP contribution in [0.4, 0.5) is 0 Å². The van der Waals surface area contributed by atoms with Gasteiger partial charge in [0.1, 0.15) is 0 Å². The van der Waals surface area contributed by atoms with Gasteiger partial charge in [-0.05, 0) is 30.4 Å². The zero-order valence-electron chi connectivity index (χ0n) is 9.31. The van der Waals surface area contributed by atoms with Crippen LogP contribution in [0.2, 0.25) is 0 Å². The number of nitrogens with zero attached hydrogens (tertiary/aromatic N) is 2. The van der Waals surface area contributed by atoms with E-state index in [1.807, 2.05) is 19.1 Å². The van der Waals surface area contributed by atoms with Crippen molar-refractivity contribution < 1.29 is 9.58 Å². The second-order valence-corrected chi connectivity index (χ2v) is 4.36. The predicted molar refractivity (Wildman–Crippen MR) is 61.3 cm³/mol.